The van der Waals surface area contributed by atoms with E-state index in [2.05, 4.69) is 27.8 Å². The maximum absolute atomic E-state index is 12.7. The number of hydrogen-bond acceptors (Lipinski definition) is 5. The van der Waals surface area contributed by atoms with Crippen LogP contribution in [0.5, 0.6) is 0 Å². The first-order chi connectivity index (χ1) is 13.0. The molecule has 144 valence electrons. The minimum atomic E-state index is -0.334. The van der Waals surface area contributed by atoms with Crippen LogP contribution in [0.3, 0.4) is 0 Å². The van der Waals surface area contributed by atoms with E-state index in [1.165, 1.54) is 11.3 Å². The first kappa shape index (κ1) is 19.3. The molecule has 1 aromatic carbocycles. The quantitative estimate of drug-likeness (QED) is 0.824. The van der Waals surface area contributed by atoms with E-state index in [4.69, 9.17) is 0 Å². The molecule has 3 amide bonds. The number of carbonyl (C=O) groups is 2. The van der Waals surface area contributed by atoms with Crippen LogP contribution in [-0.2, 0) is 13.0 Å². The number of urea groups is 1. The van der Waals surface area contributed by atoms with Crippen LogP contribution >= 0.6 is 11.3 Å². The van der Waals surface area contributed by atoms with Gasteiger partial charge in [0.15, 0.2) is 0 Å². The van der Waals surface area contributed by atoms with Gasteiger partial charge in [-0.1, -0.05) is 31.3 Å². The molecule has 1 aromatic heterocycles. The standard InChI is InChI=1S/C19H25N5O2S/c1-3-16-22-23-17(27-16)12-20-19(26)21-15-6-4-5-14(11-15)18(25)24-9-7-13(2)8-10-24/h4-6,11,13H,3,7-10,12H2,1-2H3,(H2,20,21,26). The number of aromatic nitrogens is 2. The fourth-order valence-electron chi connectivity index (χ4n) is 2.96. The molecule has 2 aromatic rings. The molecule has 3 rings (SSSR count). The Morgan fingerprint density at radius 1 is 1.22 bits per heavy atom. The van der Waals surface area contributed by atoms with Gasteiger partial charge in [-0.2, -0.15) is 0 Å². The van der Waals surface area contributed by atoms with Gasteiger partial charge in [-0.15, -0.1) is 10.2 Å². The normalized spacial score (nSPS) is 14.8. The molecular weight excluding hydrogens is 362 g/mol. The molecule has 0 saturated carbocycles. The van der Waals surface area contributed by atoms with E-state index in [9.17, 15) is 9.59 Å². The van der Waals surface area contributed by atoms with Gasteiger partial charge < -0.3 is 15.5 Å². The Morgan fingerprint density at radius 2 is 1.96 bits per heavy atom. The lowest BCUT2D eigenvalue weighted by Gasteiger charge is -2.30. The van der Waals surface area contributed by atoms with Crippen molar-refractivity contribution >= 4 is 29.0 Å². The summed E-state index contributed by atoms with van der Waals surface area (Å²) in [5, 5.41) is 15.3. The van der Waals surface area contributed by atoms with E-state index >= 15 is 0 Å². The van der Waals surface area contributed by atoms with Crippen LogP contribution < -0.4 is 10.6 Å². The number of carbonyl (C=O) groups excluding carboxylic acids is 2. The molecule has 1 saturated heterocycles. The third kappa shape index (κ3) is 5.26. The van der Waals surface area contributed by atoms with Gasteiger partial charge in [0.2, 0.25) is 0 Å². The zero-order valence-electron chi connectivity index (χ0n) is 15.7. The molecule has 0 spiro atoms. The highest BCUT2D eigenvalue weighted by molar-refractivity contribution is 7.11. The Morgan fingerprint density at radius 3 is 2.67 bits per heavy atom. The van der Waals surface area contributed by atoms with Crippen molar-refractivity contribution in [2.24, 2.45) is 5.92 Å². The Kier molecular flexibility index (Phi) is 6.39. The number of piperidine rings is 1. The van der Waals surface area contributed by atoms with Crippen LogP contribution in [0.2, 0.25) is 0 Å². The van der Waals surface area contributed by atoms with E-state index in [1.54, 1.807) is 24.3 Å². The van der Waals surface area contributed by atoms with Crippen molar-refractivity contribution in [2.75, 3.05) is 18.4 Å². The Labute approximate surface area is 163 Å². The molecule has 0 atom stereocenters. The van der Waals surface area contributed by atoms with Crippen molar-refractivity contribution < 1.29 is 9.59 Å². The minimum absolute atomic E-state index is 0.0203. The second-order valence-corrected chi connectivity index (χ2v) is 7.95. The molecule has 1 fully saturated rings. The van der Waals surface area contributed by atoms with Crippen molar-refractivity contribution in [1.82, 2.24) is 20.4 Å². The number of hydrogen-bond donors (Lipinski definition) is 2. The number of amides is 3. The summed E-state index contributed by atoms with van der Waals surface area (Å²) in [7, 11) is 0. The van der Waals surface area contributed by atoms with Crippen molar-refractivity contribution in [2.45, 2.75) is 39.7 Å². The average molecular weight is 388 g/mol. The SMILES string of the molecule is CCc1nnc(CNC(=O)Nc2cccc(C(=O)N3CCC(C)CC3)c2)s1. The topological polar surface area (TPSA) is 87.2 Å². The summed E-state index contributed by atoms with van der Waals surface area (Å²) in [4.78, 5) is 26.7. The van der Waals surface area contributed by atoms with Crippen molar-refractivity contribution in [3.05, 3.63) is 39.8 Å². The van der Waals surface area contributed by atoms with Gasteiger partial charge in [-0.25, -0.2) is 4.79 Å². The third-order valence-electron chi connectivity index (χ3n) is 4.65. The van der Waals surface area contributed by atoms with Crippen molar-refractivity contribution in [3.8, 4) is 0 Å². The summed E-state index contributed by atoms with van der Waals surface area (Å²) in [5.41, 5.74) is 1.19. The lowest BCUT2D eigenvalue weighted by atomic mass is 9.98. The van der Waals surface area contributed by atoms with E-state index in [0.29, 0.717) is 23.7 Å². The zero-order valence-corrected chi connectivity index (χ0v) is 16.5. The van der Waals surface area contributed by atoms with Crippen LogP contribution in [0.15, 0.2) is 24.3 Å². The van der Waals surface area contributed by atoms with Gasteiger partial charge in [-0.05, 0) is 43.4 Å². The molecule has 2 heterocycles. The number of nitrogens with zero attached hydrogens (tertiary/aromatic N) is 3. The maximum Gasteiger partial charge on any atom is 0.319 e. The summed E-state index contributed by atoms with van der Waals surface area (Å²) in [6.45, 7) is 6.15. The van der Waals surface area contributed by atoms with Gasteiger partial charge in [0.1, 0.15) is 10.0 Å². The highest BCUT2D eigenvalue weighted by Gasteiger charge is 2.21. The summed E-state index contributed by atoms with van der Waals surface area (Å²) in [6, 6.07) is 6.74. The second-order valence-electron chi connectivity index (χ2n) is 6.81. The van der Waals surface area contributed by atoms with Crippen LogP contribution in [0.1, 0.15) is 47.1 Å². The maximum atomic E-state index is 12.7. The monoisotopic (exact) mass is 387 g/mol. The van der Waals surface area contributed by atoms with Gasteiger partial charge in [-0.3, -0.25) is 4.79 Å². The molecule has 1 aliphatic heterocycles. The molecular formula is C19H25N5O2S. The largest absolute Gasteiger partial charge is 0.339 e. The second kappa shape index (κ2) is 8.94. The lowest BCUT2D eigenvalue weighted by molar-refractivity contribution is 0.0697. The lowest BCUT2D eigenvalue weighted by Crippen LogP contribution is -2.37. The van der Waals surface area contributed by atoms with E-state index < -0.39 is 0 Å². The van der Waals surface area contributed by atoms with Crippen LogP contribution in [0, 0.1) is 5.92 Å². The number of nitrogens with one attached hydrogen (secondary N) is 2. The smallest absolute Gasteiger partial charge is 0.319 e. The van der Waals surface area contributed by atoms with Crippen molar-refractivity contribution in [3.63, 3.8) is 0 Å². The number of benzene rings is 1. The molecule has 7 nitrogen and oxygen atoms in total. The molecule has 0 unspecified atom stereocenters. The molecule has 8 heteroatoms. The van der Waals surface area contributed by atoms with Gasteiger partial charge in [0.25, 0.3) is 5.91 Å². The van der Waals surface area contributed by atoms with E-state index in [0.717, 1.165) is 42.4 Å². The molecule has 0 radical (unpaired) electrons. The van der Waals surface area contributed by atoms with Gasteiger partial charge in [0.05, 0.1) is 6.54 Å². The van der Waals surface area contributed by atoms with E-state index in [1.807, 2.05) is 11.8 Å². The summed E-state index contributed by atoms with van der Waals surface area (Å²) < 4.78 is 0. The average Bonchev–Trinajstić information content (AvgIpc) is 3.15. The number of likely N-dealkylation sites (tertiary alicyclic amines) is 1. The zero-order chi connectivity index (χ0) is 19.2. The van der Waals surface area contributed by atoms with Gasteiger partial charge >= 0.3 is 6.03 Å². The fraction of sp³-hybridized carbons (Fsp3) is 0.474. The van der Waals surface area contributed by atoms with Crippen LogP contribution in [-0.4, -0.2) is 40.1 Å². The Bertz CT molecular complexity index is 799. The predicted molar refractivity (Wildman–Crippen MR) is 106 cm³/mol. The predicted octanol–water partition coefficient (Wildman–Crippen LogP) is 3.29. The molecule has 0 bridgehead atoms. The van der Waals surface area contributed by atoms with Crippen LogP contribution in [0.25, 0.3) is 0 Å². The van der Waals surface area contributed by atoms with Crippen LogP contribution in [0.4, 0.5) is 10.5 Å². The first-order valence-electron chi connectivity index (χ1n) is 9.30. The minimum Gasteiger partial charge on any atom is -0.339 e. The highest BCUT2D eigenvalue weighted by atomic mass is 32.1. The summed E-state index contributed by atoms with van der Waals surface area (Å²) in [6.07, 6.45) is 2.91. The first-order valence-corrected chi connectivity index (χ1v) is 10.1. The van der Waals surface area contributed by atoms with Crippen molar-refractivity contribution in [1.29, 1.82) is 0 Å². The number of anilines is 1. The number of aryl methyl sites for hydroxylation is 1. The van der Waals surface area contributed by atoms with E-state index in [-0.39, 0.29) is 11.9 Å². The third-order valence-corrected chi connectivity index (χ3v) is 5.72. The Hall–Kier alpha value is -2.48. The molecule has 2 N–H and O–H groups in total. The summed E-state index contributed by atoms with van der Waals surface area (Å²) >= 11 is 1.49. The Balaban J connectivity index is 1.55. The summed E-state index contributed by atoms with van der Waals surface area (Å²) in [5.74, 6) is 0.694. The molecule has 27 heavy (non-hydrogen) atoms. The highest BCUT2D eigenvalue weighted by Crippen LogP contribution is 2.19. The molecule has 0 aliphatic carbocycles. The molecule has 1 aliphatic rings. The fourth-order valence-corrected chi connectivity index (χ4v) is 3.68. The van der Waals surface area contributed by atoms with Gasteiger partial charge in [0, 0.05) is 24.3 Å². The number of rotatable bonds is 5.